The highest BCUT2D eigenvalue weighted by molar-refractivity contribution is 5.81. The second-order valence-corrected chi connectivity index (χ2v) is 6.72. The largest absolute Gasteiger partial charge is 0.357 e. The molecule has 0 bridgehead atoms. The fourth-order valence-corrected chi connectivity index (χ4v) is 3.07. The van der Waals surface area contributed by atoms with E-state index in [1.165, 1.54) is 11.1 Å². The first kappa shape index (κ1) is 24.0. The average Bonchev–Trinajstić information content (AvgIpc) is 2.71. The number of nitrogens with one attached hydrogen (secondary N) is 2. The van der Waals surface area contributed by atoms with Crippen molar-refractivity contribution in [2.75, 3.05) is 39.3 Å². The third-order valence-electron chi connectivity index (χ3n) is 4.80. The van der Waals surface area contributed by atoms with Crippen LogP contribution in [0.15, 0.2) is 29.3 Å². The lowest BCUT2D eigenvalue weighted by Gasteiger charge is -2.19. The van der Waals surface area contributed by atoms with E-state index in [2.05, 4.69) is 58.6 Å². The predicted molar refractivity (Wildman–Crippen MR) is 118 cm³/mol. The number of benzene rings is 1. The number of hydrogen-bond donors (Lipinski definition) is 2. The monoisotopic (exact) mass is 389 g/mol. The molecule has 0 aliphatic heterocycles. The van der Waals surface area contributed by atoms with E-state index < -0.39 is 0 Å². The lowest BCUT2D eigenvalue weighted by molar-refractivity contribution is -0.130. The van der Waals surface area contributed by atoms with E-state index in [-0.39, 0.29) is 5.91 Å². The van der Waals surface area contributed by atoms with Crippen LogP contribution in [-0.4, -0.2) is 60.9 Å². The molecule has 1 amide bonds. The molecule has 0 atom stereocenters. The molecular formula is C22H39N5O. The van der Waals surface area contributed by atoms with Gasteiger partial charge in [0, 0.05) is 39.1 Å². The molecule has 0 radical (unpaired) electrons. The van der Waals surface area contributed by atoms with E-state index in [4.69, 9.17) is 0 Å². The Kier molecular flexibility index (Phi) is 12.0. The van der Waals surface area contributed by atoms with Gasteiger partial charge in [-0.25, -0.2) is 4.99 Å². The number of hydrogen-bond acceptors (Lipinski definition) is 3. The maximum atomic E-state index is 12.1. The molecule has 158 valence electrons. The van der Waals surface area contributed by atoms with Crippen LogP contribution in [0.4, 0.5) is 0 Å². The van der Waals surface area contributed by atoms with Crippen LogP contribution in [0.3, 0.4) is 0 Å². The fourth-order valence-electron chi connectivity index (χ4n) is 3.07. The van der Waals surface area contributed by atoms with Gasteiger partial charge >= 0.3 is 0 Å². The molecule has 1 rings (SSSR count). The Bertz CT molecular complexity index is 594. The van der Waals surface area contributed by atoms with E-state index in [1.807, 2.05) is 25.7 Å². The molecule has 0 heterocycles. The minimum absolute atomic E-state index is 0.178. The van der Waals surface area contributed by atoms with Crippen molar-refractivity contribution in [1.82, 2.24) is 20.4 Å². The zero-order valence-electron chi connectivity index (χ0n) is 18.4. The highest BCUT2D eigenvalue weighted by Crippen LogP contribution is 2.09. The SMILES string of the molecule is CCNC(=NCc1cccc(CN(CC)CC)c1)NCCC(=O)N(CC)CC. The fraction of sp³-hybridized carbons (Fsp3) is 0.636. The maximum Gasteiger partial charge on any atom is 0.224 e. The van der Waals surface area contributed by atoms with E-state index in [9.17, 15) is 4.79 Å². The van der Waals surface area contributed by atoms with E-state index >= 15 is 0 Å². The van der Waals surface area contributed by atoms with E-state index in [1.54, 1.807) is 0 Å². The van der Waals surface area contributed by atoms with Crippen molar-refractivity contribution in [2.45, 2.75) is 54.1 Å². The summed E-state index contributed by atoms with van der Waals surface area (Å²) in [5.74, 6) is 0.932. The predicted octanol–water partition coefficient (Wildman–Crippen LogP) is 2.84. The van der Waals surface area contributed by atoms with E-state index in [0.29, 0.717) is 19.5 Å². The molecule has 1 aromatic carbocycles. The van der Waals surface area contributed by atoms with Crippen molar-refractivity contribution in [3.63, 3.8) is 0 Å². The van der Waals surface area contributed by atoms with Gasteiger partial charge in [-0.2, -0.15) is 0 Å². The van der Waals surface area contributed by atoms with Crippen LogP contribution in [0.5, 0.6) is 0 Å². The molecule has 0 saturated carbocycles. The Morgan fingerprint density at radius 3 is 2.25 bits per heavy atom. The number of amides is 1. The minimum atomic E-state index is 0.178. The summed E-state index contributed by atoms with van der Waals surface area (Å²) in [5, 5.41) is 6.53. The van der Waals surface area contributed by atoms with Gasteiger partial charge in [-0.3, -0.25) is 9.69 Å². The standard InChI is InChI=1S/C22H39N5O/c1-6-23-22(24-15-14-21(28)27(9-4)10-5)25-17-19-12-11-13-20(16-19)18-26(7-2)8-3/h11-13,16H,6-10,14-15,17-18H2,1-5H3,(H2,23,24,25). The van der Waals surface area contributed by atoms with Crippen molar-refractivity contribution in [3.05, 3.63) is 35.4 Å². The topological polar surface area (TPSA) is 60.0 Å². The summed E-state index contributed by atoms with van der Waals surface area (Å²) in [6, 6.07) is 8.62. The summed E-state index contributed by atoms with van der Waals surface area (Å²) < 4.78 is 0. The van der Waals surface area contributed by atoms with Gasteiger partial charge in [0.25, 0.3) is 0 Å². The second kappa shape index (κ2) is 14.0. The van der Waals surface area contributed by atoms with Crippen molar-refractivity contribution in [1.29, 1.82) is 0 Å². The molecule has 6 heteroatoms. The van der Waals surface area contributed by atoms with Gasteiger partial charge in [-0.1, -0.05) is 38.1 Å². The zero-order valence-corrected chi connectivity index (χ0v) is 18.4. The van der Waals surface area contributed by atoms with Crippen molar-refractivity contribution in [2.24, 2.45) is 4.99 Å². The first-order chi connectivity index (χ1) is 13.6. The quantitative estimate of drug-likeness (QED) is 0.426. The lowest BCUT2D eigenvalue weighted by atomic mass is 10.1. The summed E-state index contributed by atoms with van der Waals surface area (Å²) in [7, 11) is 0. The Hall–Kier alpha value is -2.08. The molecule has 0 saturated heterocycles. The lowest BCUT2D eigenvalue weighted by Crippen LogP contribution is -2.40. The van der Waals surface area contributed by atoms with E-state index in [0.717, 1.165) is 45.2 Å². The minimum Gasteiger partial charge on any atom is -0.357 e. The van der Waals surface area contributed by atoms with Gasteiger partial charge in [-0.15, -0.1) is 0 Å². The average molecular weight is 390 g/mol. The molecule has 28 heavy (non-hydrogen) atoms. The van der Waals surface area contributed by atoms with Crippen LogP contribution in [-0.2, 0) is 17.9 Å². The Morgan fingerprint density at radius 1 is 0.964 bits per heavy atom. The van der Waals surface area contributed by atoms with Crippen LogP contribution < -0.4 is 10.6 Å². The number of nitrogens with zero attached hydrogens (tertiary/aromatic N) is 3. The van der Waals surface area contributed by atoms with Gasteiger partial charge < -0.3 is 15.5 Å². The molecule has 0 unspecified atom stereocenters. The van der Waals surface area contributed by atoms with Crippen LogP contribution in [0.2, 0.25) is 0 Å². The maximum absolute atomic E-state index is 12.1. The molecule has 0 aliphatic rings. The third kappa shape index (κ3) is 8.74. The molecule has 1 aromatic rings. The molecular weight excluding hydrogens is 350 g/mol. The molecule has 0 spiro atoms. The highest BCUT2D eigenvalue weighted by atomic mass is 16.2. The number of aliphatic imine (C=N–C) groups is 1. The van der Waals surface area contributed by atoms with Crippen LogP contribution in [0.25, 0.3) is 0 Å². The molecule has 0 aliphatic carbocycles. The van der Waals surface area contributed by atoms with Gasteiger partial charge in [0.05, 0.1) is 6.54 Å². The number of rotatable bonds is 12. The Morgan fingerprint density at radius 2 is 1.64 bits per heavy atom. The summed E-state index contributed by atoms with van der Waals surface area (Å²) in [5.41, 5.74) is 2.51. The Labute approximate surface area is 171 Å². The summed E-state index contributed by atoms with van der Waals surface area (Å²) in [6.07, 6.45) is 0.478. The first-order valence-electron chi connectivity index (χ1n) is 10.7. The van der Waals surface area contributed by atoms with Gasteiger partial charge in [0.1, 0.15) is 0 Å². The van der Waals surface area contributed by atoms with Gasteiger partial charge in [-0.05, 0) is 45.0 Å². The summed E-state index contributed by atoms with van der Waals surface area (Å²) in [4.78, 5) is 21.1. The number of guanidine groups is 1. The van der Waals surface area contributed by atoms with Crippen LogP contribution in [0, 0.1) is 0 Å². The molecule has 0 fully saturated rings. The van der Waals surface area contributed by atoms with Crippen LogP contribution in [0.1, 0.15) is 52.2 Å². The molecule has 0 aromatic heterocycles. The first-order valence-corrected chi connectivity index (χ1v) is 10.7. The third-order valence-corrected chi connectivity index (χ3v) is 4.80. The number of carbonyl (C=O) groups is 1. The Balaban J connectivity index is 2.63. The smallest absolute Gasteiger partial charge is 0.224 e. The summed E-state index contributed by atoms with van der Waals surface area (Å²) >= 11 is 0. The van der Waals surface area contributed by atoms with Crippen molar-refractivity contribution < 1.29 is 4.79 Å². The number of carbonyl (C=O) groups excluding carboxylic acids is 1. The van der Waals surface area contributed by atoms with Crippen LogP contribution >= 0.6 is 0 Å². The van der Waals surface area contributed by atoms with Gasteiger partial charge in [0.15, 0.2) is 5.96 Å². The normalized spacial score (nSPS) is 11.6. The van der Waals surface area contributed by atoms with Crippen molar-refractivity contribution in [3.8, 4) is 0 Å². The molecule has 6 nitrogen and oxygen atoms in total. The zero-order chi connectivity index (χ0) is 20.8. The second-order valence-electron chi connectivity index (χ2n) is 6.72. The molecule has 2 N–H and O–H groups in total. The highest BCUT2D eigenvalue weighted by Gasteiger charge is 2.09. The van der Waals surface area contributed by atoms with Crippen molar-refractivity contribution >= 4 is 11.9 Å². The summed E-state index contributed by atoms with van der Waals surface area (Å²) in [6.45, 7) is 17.0. The van der Waals surface area contributed by atoms with Gasteiger partial charge in [0.2, 0.25) is 5.91 Å².